The molecule has 0 bridgehead atoms. The molecular formula is C17H11N3OS. The summed E-state index contributed by atoms with van der Waals surface area (Å²) in [6, 6.07) is 19.0. The highest BCUT2D eigenvalue weighted by molar-refractivity contribution is 7.15. The lowest BCUT2D eigenvalue weighted by Gasteiger charge is -1.98. The first-order valence-corrected chi connectivity index (χ1v) is 7.70. The molecule has 0 radical (unpaired) electrons. The van der Waals surface area contributed by atoms with Gasteiger partial charge in [-0.3, -0.25) is 4.79 Å². The molecule has 0 aliphatic rings. The van der Waals surface area contributed by atoms with Crippen molar-refractivity contribution >= 4 is 22.1 Å². The third kappa shape index (κ3) is 2.12. The second kappa shape index (κ2) is 5.20. The van der Waals surface area contributed by atoms with Crippen LogP contribution in [0.1, 0.15) is 16.1 Å². The van der Waals surface area contributed by atoms with E-state index in [2.05, 4.69) is 10.1 Å². The Kier molecular flexibility index (Phi) is 3.05. The zero-order valence-corrected chi connectivity index (χ0v) is 12.3. The number of nitrogens with zero attached hydrogens (tertiary/aromatic N) is 3. The van der Waals surface area contributed by atoms with Crippen LogP contribution in [0.5, 0.6) is 0 Å². The summed E-state index contributed by atoms with van der Waals surface area (Å²) in [6.07, 6.45) is 0. The summed E-state index contributed by atoms with van der Waals surface area (Å²) in [4.78, 5) is 17.8. The molecule has 0 atom stereocenters. The van der Waals surface area contributed by atoms with Crippen LogP contribution < -0.4 is 0 Å². The van der Waals surface area contributed by atoms with Crippen molar-refractivity contribution < 1.29 is 4.79 Å². The van der Waals surface area contributed by atoms with Crippen LogP contribution in [0, 0.1) is 0 Å². The zero-order chi connectivity index (χ0) is 14.9. The summed E-state index contributed by atoms with van der Waals surface area (Å²) >= 11 is 1.42. The minimum absolute atomic E-state index is 0.0450. The molecule has 0 spiro atoms. The summed E-state index contributed by atoms with van der Waals surface area (Å²) in [5.74, 6) is 0.589. The maximum atomic E-state index is 12.6. The Balaban J connectivity index is 1.80. The summed E-state index contributed by atoms with van der Waals surface area (Å²) in [5.41, 5.74) is 2.14. The Hall–Kier alpha value is -2.79. The van der Waals surface area contributed by atoms with Crippen LogP contribution in [0.15, 0.2) is 66.0 Å². The Morgan fingerprint density at radius 3 is 2.36 bits per heavy atom. The van der Waals surface area contributed by atoms with Crippen LogP contribution in [-0.4, -0.2) is 20.4 Å². The van der Waals surface area contributed by atoms with Crippen molar-refractivity contribution in [2.45, 2.75) is 0 Å². The van der Waals surface area contributed by atoms with Gasteiger partial charge < -0.3 is 0 Å². The second-order valence-corrected chi connectivity index (χ2v) is 5.65. The number of hydrogen-bond acceptors (Lipinski definition) is 4. The average Bonchev–Trinajstić information content (AvgIpc) is 3.16. The maximum Gasteiger partial charge on any atom is 0.213 e. The zero-order valence-electron chi connectivity index (χ0n) is 11.5. The van der Waals surface area contributed by atoms with Crippen molar-refractivity contribution in [2.24, 2.45) is 0 Å². The first-order valence-electron chi connectivity index (χ1n) is 6.82. The summed E-state index contributed by atoms with van der Waals surface area (Å²) in [7, 11) is 0. The first kappa shape index (κ1) is 12.9. The molecule has 22 heavy (non-hydrogen) atoms. The predicted octanol–water partition coefficient (Wildman–Crippen LogP) is 3.69. The van der Waals surface area contributed by atoms with E-state index in [1.165, 1.54) is 11.3 Å². The molecule has 0 unspecified atom stereocenters. The van der Waals surface area contributed by atoms with E-state index in [-0.39, 0.29) is 5.78 Å². The molecule has 0 fully saturated rings. The molecule has 4 nitrogen and oxygen atoms in total. The summed E-state index contributed by atoms with van der Waals surface area (Å²) < 4.78 is 1.63. The molecule has 5 heteroatoms. The molecule has 0 saturated carbocycles. The average molecular weight is 305 g/mol. The topological polar surface area (TPSA) is 47.3 Å². The van der Waals surface area contributed by atoms with E-state index >= 15 is 0 Å². The normalized spacial score (nSPS) is 10.9. The van der Waals surface area contributed by atoms with Gasteiger partial charge in [-0.1, -0.05) is 60.7 Å². The SMILES string of the molecule is O=C(c1ccccc1)c1csc2nc(-c3ccccc3)nn12. The van der Waals surface area contributed by atoms with Gasteiger partial charge in [0.1, 0.15) is 5.69 Å². The standard InChI is InChI=1S/C17H11N3OS/c21-15(12-7-3-1-4-8-12)14-11-22-17-18-16(19-20(14)17)13-9-5-2-6-10-13/h1-11H. The molecule has 0 N–H and O–H groups in total. The number of ketones is 1. The lowest BCUT2D eigenvalue weighted by Crippen LogP contribution is -2.05. The highest BCUT2D eigenvalue weighted by Crippen LogP contribution is 2.22. The Bertz CT molecular complexity index is 942. The van der Waals surface area contributed by atoms with E-state index in [4.69, 9.17) is 0 Å². The van der Waals surface area contributed by atoms with E-state index in [0.717, 1.165) is 10.5 Å². The van der Waals surface area contributed by atoms with E-state index in [9.17, 15) is 4.79 Å². The molecule has 0 aliphatic heterocycles. The predicted molar refractivity (Wildman–Crippen MR) is 86.2 cm³/mol. The number of aromatic nitrogens is 3. The van der Waals surface area contributed by atoms with Gasteiger partial charge in [0.15, 0.2) is 5.82 Å². The number of carbonyl (C=O) groups is 1. The summed E-state index contributed by atoms with van der Waals surface area (Å²) in [5, 5.41) is 6.29. The van der Waals surface area contributed by atoms with Crippen molar-refractivity contribution in [1.82, 2.24) is 14.6 Å². The summed E-state index contributed by atoms with van der Waals surface area (Å²) in [6.45, 7) is 0. The molecular weight excluding hydrogens is 294 g/mol. The van der Waals surface area contributed by atoms with Gasteiger partial charge in [-0.25, -0.2) is 0 Å². The van der Waals surface area contributed by atoms with Crippen molar-refractivity contribution in [2.75, 3.05) is 0 Å². The number of thiazole rings is 1. The van der Waals surface area contributed by atoms with Gasteiger partial charge >= 0.3 is 0 Å². The van der Waals surface area contributed by atoms with Crippen molar-refractivity contribution in [3.8, 4) is 11.4 Å². The maximum absolute atomic E-state index is 12.6. The minimum Gasteiger partial charge on any atom is -0.287 e. The van der Waals surface area contributed by atoms with Crippen LogP contribution >= 0.6 is 11.3 Å². The first-order chi connectivity index (χ1) is 10.8. The quantitative estimate of drug-likeness (QED) is 0.542. The van der Waals surface area contributed by atoms with E-state index < -0.39 is 0 Å². The number of carbonyl (C=O) groups excluding carboxylic acids is 1. The fourth-order valence-electron chi connectivity index (χ4n) is 2.29. The fourth-order valence-corrected chi connectivity index (χ4v) is 3.09. The molecule has 4 aromatic rings. The lowest BCUT2D eigenvalue weighted by molar-refractivity contribution is 0.103. The van der Waals surface area contributed by atoms with Gasteiger partial charge in [0.2, 0.25) is 10.7 Å². The highest BCUT2D eigenvalue weighted by Gasteiger charge is 2.17. The third-order valence-electron chi connectivity index (χ3n) is 3.38. The van der Waals surface area contributed by atoms with Crippen molar-refractivity contribution in [3.05, 3.63) is 77.3 Å². The van der Waals surface area contributed by atoms with Gasteiger partial charge in [0.25, 0.3) is 0 Å². The molecule has 2 heterocycles. The fraction of sp³-hybridized carbons (Fsp3) is 0. The Morgan fingerprint density at radius 1 is 0.955 bits per heavy atom. The molecule has 2 aromatic heterocycles. The van der Waals surface area contributed by atoms with Crippen molar-refractivity contribution in [1.29, 1.82) is 0 Å². The van der Waals surface area contributed by atoms with Crippen LogP contribution in [0.25, 0.3) is 16.3 Å². The number of fused-ring (bicyclic) bond motifs is 1. The van der Waals surface area contributed by atoms with Gasteiger partial charge in [0, 0.05) is 16.5 Å². The molecule has 0 amide bonds. The third-order valence-corrected chi connectivity index (χ3v) is 4.20. The van der Waals surface area contributed by atoms with Crippen LogP contribution in [-0.2, 0) is 0 Å². The highest BCUT2D eigenvalue weighted by atomic mass is 32.1. The van der Waals surface area contributed by atoms with Gasteiger partial charge in [-0.05, 0) is 0 Å². The van der Waals surface area contributed by atoms with Gasteiger partial charge in [-0.2, -0.15) is 9.50 Å². The second-order valence-electron chi connectivity index (χ2n) is 4.81. The van der Waals surface area contributed by atoms with E-state index in [1.807, 2.05) is 48.5 Å². The largest absolute Gasteiger partial charge is 0.287 e. The van der Waals surface area contributed by atoms with Crippen LogP contribution in [0.4, 0.5) is 0 Å². The van der Waals surface area contributed by atoms with Gasteiger partial charge in [0.05, 0.1) is 0 Å². The monoisotopic (exact) mass is 305 g/mol. The van der Waals surface area contributed by atoms with Gasteiger partial charge in [-0.15, -0.1) is 16.4 Å². The Morgan fingerprint density at radius 2 is 1.64 bits per heavy atom. The smallest absolute Gasteiger partial charge is 0.213 e. The molecule has 0 aliphatic carbocycles. The number of hydrogen-bond donors (Lipinski definition) is 0. The molecule has 0 saturated heterocycles. The minimum atomic E-state index is -0.0450. The molecule has 2 aromatic carbocycles. The number of rotatable bonds is 3. The Labute approximate surface area is 130 Å². The number of benzene rings is 2. The van der Waals surface area contributed by atoms with Crippen LogP contribution in [0.3, 0.4) is 0 Å². The van der Waals surface area contributed by atoms with Crippen molar-refractivity contribution in [3.63, 3.8) is 0 Å². The molecule has 106 valence electrons. The molecule has 4 rings (SSSR count). The van der Waals surface area contributed by atoms with E-state index in [0.29, 0.717) is 17.1 Å². The lowest BCUT2D eigenvalue weighted by atomic mass is 10.1. The van der Waals surface area contributed by atoms with E-state index in [1.54, 1.807) is 22.0 Å². The van der Waals surface area contributed by atoms with Crippen LogP contribution in [0.2, 0.25) is 0 Å².